The van der Waals surface area contributed by atoms with Crippen molar-refractivity contribution in [3.8, 4) is 0 Å². The predicted molar refractivity (Wildman–Crippen MR) is 66.8 cm³/mol. The van der Waals surface area contributed by atoms with E-state index in [9.17, 15) is 0 Å². The monoisotopic (exact) mass is 247 g/mol. The molecular formula is C11H18ClNOS. The molecule has 1 aromatic heterocycles. The van der Waals surface area contributed by atoms with Crippen LogP contribution in [0, 0.1) is 12.8 Å². The summed E-state index contributed by atoms with van der Waals surface area (Å²) in [6.45, 7) is 3.90. The minimum Gasteiger partial charge on any atom is -0.381 e. The highest BCUT2D eigenvalue weighted by molar-refractivity contribution is 7.10. The highest BCUT2D eigenvalue weighted by atomic mass is 35.5. The maximum absolute atomic E-state index is 6.27. The first-order chi connectivity index (χ1) is 6.79. The number of hydrogen-bond donors (Lipinski definition) is 1. The second-order valence-electron chi connectivity index (χ2n) is 3.94. The van der Waals surface area contributed by atoms with Crippen molar-refractivity contribution in [3.05, 3.63) is 21.9 Å². The van der Waals surface area contributed by atoms with Crippen LogP contribution in [0.25, 0.3) is 0 Å². The van der Waals surface area contributed by atoms with Gasteiger partial charge in [-0.05, 0) is 42.7 Å². The molecule has 4 heteroatoms. The molecular weight excluding hydrogens is 230 g/mol. The van der Waals surface area contributed by atoms with Crippen LogP contribution in [0.15, 0.2) is 11.4 Å². The molecule has 1 saturated heterocycles. The van der Waals surface area contributed by atoms with Gasteiger partial charge in [0.2, 0.25) is 0 Å². The molecule has 0 amide bonds. The fraction of sp³-hybridized carbons (Fsp3) is 0.636. The largest absolute Gasteiger partial charge is 0.381 e. The molecule has 1 atom stereocenters. The Morgan fingerprint density at radius 1 is 1.47 bits per heavy atom. The normalized spacial score (nSPS) is 19.6. The molecule has 0 unspecified atom stereocenters. The van der Waals surface area contributed by atoms with Crippen molar-refractivity contribution in [1.29, 1.82) is 0 Å². The van der Waals surface area contributed by atoms with Crippen LogP contribution < -0.4 is 5.73 Å². The van der Waals surface area contributed by atoms with E-state index in [0.29, 0.717) is 5.92 Å². The number of hydrogen-bond acceptors (Lipinski definition) is 3. The van der Waals surface area contributed by atoms with Crippen molar-refractivity contribution in [2.24, 2.45) is 11.7 Å². The molecule has 2 rings (SSSR count). The van der Waals surface area contributed by atoms with Gasteiger partial charge in [-0.1, -0.05) is 0 Å². The van der Waals surface area contributed by atoms with Crippen molar-refractivity contribution >= 4 is 23.7 Å². The molecule has 1 aliphatic rings. The first kappa shape index (κ1) is 13.0. The summed E-state index contributed by atoms with van der Waals surface area (Å²) in [6.07, 6.45) is 2.22. The number of aryl methyl sites for hydroxylation is 1. The van der Waals surface area contributed by atoms with Crippen molar-refractivity contribution in [2.75, 3.05) is 13.2 Å². The van der Waals surface area contributed by atoms with Gasteiger partial charge in [0.15, 0.2) is 0 Å². The summed E-state index contributed by atoms with van der Waals surface area (Å²) in [6, 6.07) is 2.37. The Balaban J connectivity index is 0.00000112. The average molecular weight is 248 g/mol. The first-order valence-corrected chi connectivity index (χ1v) is 6.04. The quantitative estimate of drug-likeness (QED) is 0.872. The molecule has 1 aliphatic heterocycles. The lowest BCUT2D eigenvalue weighted by Gasteiger charge is -2.27. The summed E-state index contributed by atoms with van der Waals surface area (Å²) < 4.78 is 5.35. The lowest BCUT2D eigenvalue weighted by atomic mass is 9.90. The minimum absolute atomic E-state index is 0. The van der Waals surface area contributed by atoms with Gasteiger partial charge in [0.1, 0.15) is 0 Å². The number of ether oxygens (including phenoxy) is 1. The average Bonchev–Trinajstić information content (AvgIpc) is 2.65. The standard InChI is InChI=1S/C11H17NOS.ClH/c1-8-4-7-14-11(8)10(12)9-2-5-13-6-3-9;/h4,7,9-10H,2-3,5-6,12H2,1H3;1H/t10-;/m0./s1. The van der Waals surface area contributed by atoms with Crippen LogP contribution in [0.5, 0.6) is 0 Å². The third-order valence-corrected chi connectivity index (χ3v) is 4.10. The van der Waals surface area contributed by atoms with Crippen molar-refractivity contribution in [3.63, 3.8) is 0 Å². The highest BCUT2D eigenvalue weighted by Gasteiger charge is 2.23. The zero-order chi connectivity index (χ0) is 9.97. The smallest absolute Gasteiger partial charge is 0.0469 e. The predicted octanol–water partition coefficient (Wildman–Crippen LogP) is 2.90. The second-order valence-corrected chi connectivity index (χ2v) is 4.89. The van der Waals surface area contributed by atoms with Gasteiger partial charge in [-0.2, -0.15) is 0 Å². The Morgan fingerprint density at radius 3 is 2.67 bits per heavy atom. The minimum atomic E-state index is 0. The Morgan fingerprint density at radius 2 is 2.13 bits per heavy atom. The van der Waals surface area contributed by atoms with Gasteiger partial charge >= 0.3 is 0 Å². The molecule has 1 fully saturated rings. The van der Waals surface area contributed by atoms with Gasteiger partial charge < -0.3 is 10.5 Å². The molecule has 2 N–H and O–H groups in total. The molecule has 0 saturated carbocycles. The fourth-order valence-corrected chi connectivity index (χ4v) is 3.04. The van der Waals surface area contributed by atoms with E-state index < -0.39 is 0 Å². The summed E-state index contributed by atoms with van der Waals surface area (Å²) in [5.74, 6) is 0.612. The Kier molecular flexibility index (Phi) is 5.06. The van der Waals surface area contributed by atoms with Crippen LogP contribution in [-0.2, 0) is 4.74 Å². The van der Waals surface area contributed by atoms with E-state index in [-0.39, 0.29) is 18.4 Å². The van der Waals surface area contributed by atoms with Crippen LogP contribution in [-0.4, -0.2) is 13.2 Å². The third-order valence-electron chi connectivity index (χ3n) is 2.98. The zero-order valence-electron chi connectivity index (χ0n) is 8.94. The summed E-state index contributed by atoms with van der Waals surface area (Å²) >= 11 is 1.79. The lowest BCUT2D eigenvalue weighted by Crippen LogP contribution is -2.27. The summed E-state index contributed by atoms with van der Waals surface area (Å²) in [7, 11) is 0. The number of thiophene rings is 1. The molecule has 0 spiro atoms. The number of rotatable bonds is 2. The molecule has 15 heavy (non-hydrogen) atoms. The van der Waals surface area contributed by atoms with Crippen molar-refractivity contribution < 1.29 is 4.74 Å². The van der Waals surface area contributed by atoms with Gasteiger partial charge in [0.05, 0.1) is 0 Å². The second kappa shape index (κ2) is 5.85. The molecule has 86 valence electrons. The van der Waals surface area contributed by atoms with Gasteiger partial charge in [-0.15, -0.1) is 23.7 Å². The zero-order valence-corrected chi connectivity index (χ0v) is 10.6. The molecule has 0 bridgehead atoms. The molecule has 0 aromatic carbocycles. The van der Waals surface area contributed by atoms with Crippen molar-refractivity contribution in [2.45, 2.75) is 25.8 Å². The van der Waals surface area contributed by atoms with Crippen LogP contribution in [0.2, 0.25) is 0 Å². The Bertz CT molecular complexity index is 297. The maximum atomic E-state index is 6.27. The van der Waals surface area contributed by atoms with Crippen LogP contribution in [0.1, 0.15) is 29.3 Å². The summed E-state index contributed by atoms with van der Waals surface area (Å²) in [4.78, 5) is 1.36. The van der Waals surface area contributed by atoms with Crippen LogP contribution in [0.3, 0.4) is 0 Å². The van der Waals surface area contributed by atoms with E-state index in [4.69, 9.17) is 10.5 Å². The lowest BCUT2D eigenvalue weighted by molar-refractivity contribution is 0.0587. The fourth-order valence-electron chi connectivity index (χ4n) is 2.01. The first-order valence-electron chi connectivity index (χ1n) is 5.16. The van der Waals surface area contributed by atoms with E-state index in [1.54, 1.807) is 11.3 Å². The molecule has 0 aliphatic carbocycles. The van der Waals surface area contributed by atoms with Crippen molar-refractivity contribution in [1.82, 2.24) is 0 Å². The van der Waals surface area contributed by atoms with E-state index in [1.807, 2.05) is 0 Å². The van der Waals surface area contributed by atoms with Gasteiger partial charge in [0, 0.05) is 24.1 Å². The van der Waals surface area contributed by atoms with Gasteiger partial charge in [-0.3, -0.25) is 0 Å². The highest BCUT2D eigenvalue weighted by Crippen LogP contribution is 2.32. The number of halogens is 1. The van der Waals surface area contributed by atoms with Gasteiger partial charge in [0.25, 0.3) is 0 Å². The Hall–Kier alpha value is -0.0900. The molecule has 0 radical (unpaired) electrons. The van der Waals surface area contributed by atoms with E-state index in [0.717, 1.165) is 26.1 Å². The van der Waals surface area contributed by atoms with E-state index >= 15 is 0 Å². The van der Waals surface area contributed by atoms with Crippen LogP contribution >= 0.6 is 23.7 Å². The summed E-state index contributed by atoms with van der Waals surface area (Å²) in [5, 5.41) is 2.13. The van der Waals surface area contributed by atoms with Gasteiger partial charge in [-0.25, -0.2) is 0 Å². The topological polar surface area (TPSA) is 35.2 Å². The maximum Gasteiger partial charge on any atom is 0.0469 e. The van der Waals surface area contributed by atoms with E-state index in [1.165, 1.54) is 10.4 Å². The molecule has 2 nitrogen and oxygen atoms in total. The van der Waals surface area contributed by atoms with Crippen LogP contribution in [0.4, 0.5) is 0 Å². The third kappa shape index (κ3) is 2.94. The molecule has 1 aromatic rings. The van der Waals surface area contributed by atoms with E-state index in [2.05, 4.69) is 18.4 Å². The molecule has 2 heterocycles. The SMILES string of the molecule is Cc1ccsc1[C@@H](N)C1CCOCC1.Cl. The Labute approximate surface area is 101 Å². The number of nitrogens with two attached hydrogens (primary N) is 1. The summed E-state index contributed by atoms with van der Waals surface area (Å²) in [5.41, 5.74) is 7.61.